The fourth-order valence-electron chi connectivity index (χ4n) is 2.99. The first kappa shape index (κ1) is 19.4. The Balaban J connectivity index is 2.51. The van der Waals surface area contributed by atoms with Crippen LogP contribution in [0.3, 0.4) is 0 Å². The summed E-state index contributed by atoms with van der Waals surface area (Å²) in [5, 5.41) is -1.21. The summed E-state index contributed by atoms with van der Waals surface area (Å²) in [6.45, 7) is -2.78. The molecule has 94 valence electrons. The van der Waals surface area contributed by atoms with E-state index in [0.29, 0.717) is 5.56 Å². The van der Waals surface area contributed by atoms with Crippen LogP contribution < -0.4 is 0 Å². The number of hydrogen-bond donors (Lipinski definition) is 0. The molecule has 0 atom stereocenters. The first-order valence-electron chi connectivity index (χ1n) is 7.62. The molecule has 0 bridgehead atoms. The molecule has 0 unspecified atom stereocenters. The normalized spacial score (nSPS) is 10.8. The predicted octanol–water partition coefficient (Wildman–Crippen LogP) is -1.68. The van der Waals surface area contributed by atoms with Gasteiger partial charge in [-0.05, 0) is 11.6 Å². The Labute approximate surface area is 155 Å². The van der Waals surface area contributed by atoms with Crippen molar-refractivity contribution < 1.29 is 0 Å². The molecule has 0 fully saturated rings. The second-order valence-corrected chi connectivity index (χ2v) is 5.89. The molecule has 0 spiro atoms. The van der Waals surface area contributed by atoms with E-state index in [9.17, 15) is 0 Å². The molecule has 1 aromatic heterocycles. The first-order valence-corrected chi connectivity index (χ1v) is 7.62. The van der Waals surface area contributed by atoms with Crippen LogP contribution in [0.1, 0.15) is 5.56 Å². The van der Waals surface area contributed by atoms with Crippen LogP contribution in [0.4, 0.5) is 0 Å². The quantitative estimate of drug-likeness (QED) is 0.578. The van der Waals surface area contributed by atoms with E-state index in [2.05, 4.69) is 4.98 Å². The fraction of sp³-hybridized carbons (Fsp3) is 0.0833. The van der Waals surface area contributed by atoms with Crippen molar-refractivity contribution in [2.45, 2.75) is 5.11 Å². The van der Waals surface area contributed by atoms with Gasteiger partial charge in [-0.15, -0.1) is 5.11 Å². The van der Waals surface area contributed by atoms with Gasteiger partial charge in [-0.2, -0.15) is 0 Å². The predicted molar refractivity (Wildman–Crippen MR) is 115 cm³/mol. The van der Waals surface area contributed by atoms with Crippen LogP contribution in [0, 0.1) is 0 Å². The van der Waals surface area contributed by atoms with Crippen LogP contribution in [-0.2, 0) is 5.11 Å². The van der Waals surface area contributed by atoms with E-state index in [-0.39, 0.29) is 0 Å². The van der Waals surface area contributed by atoms with Gasteiger partial charge in [0.1, 0.15) is 0 Å². The van der Waals surface area contributed by atoms with Crippen LogP contribution in [0.5, 0.6) is 0 Å². The fourth-order valence-corrected chi connectivity index (χ4v) is 2.99. The lowest BCUT2D eigenvalue weighted by molar-refractivity contribution is 1.14. The van der Waals surface area contributed by atoms with E-state index in [1.165, 1.54) is 0 Å². The highest BCUT2D eigenvalue weighted by Crippen LogP contribution is 2.30. The van der Waals surface area contributed by atoms with Gasteiger partial charge in [-0.3, -0.25) is 4.98 Å². The third-order valence-electron chi connectivity index (χ3n) is 4.40. The van der Waals surface area contributed by atoms with Crippen molar-refractivity contribution in [2.24, 2.45) is 0 Å². The molecule has 0 saturated heterocycles. The summed E-state index contributed by atoms with van der Waals surface area (Å²) in [6.07, 6.45) is 0.715. The van der Waals surface area contributed by atoms with Gasteiger partial charge in [0.15, 0.2) is 0 Å². The SMILES string of the molecule is [B]B([B])B([B])C(B([B])[B])(B([B])[B])c1ccc(-c2ccccc2)nc1. The number of nitrogens with zero attached hydrogens (tertiary/aromatic N) is 1. The maximum atomic E-state index is 6.18. The molecule has 14 radical (unpaired) electrons. The van der Waals surface area contributed by atoms with E-state index in [0.717, 1.165) is 11.3 Å². The molecular formula is C12H8B11N. The van der Waals surface area contributed by atoms with Crippen molar-refractivity contribution >= 4 is 80.0 Å². The van der Waals surface area contributed by atoms with Crippen LogP contribution in [0.2, 0.25) is 0 Å². The lowest BCUT2D eigenvalue weighted by Gasteiger charge is -2.48. The molecule has 0 aliphatic rings. The number of benzene rings is 1. The second-order valence-electron chi connectivity index (χ2n) is 5.89. The molecule has 0 amide bonds. The van der Waals surface area contributed by atoms with E-state index in [4.69, 9.17) is 54.2 Å². The Bertz CT molecular complexity index is 638. The summed E-state index contributed by atoms with van der Waals surface area (Å²) in [4.78, 5) is 4.46. The molecule has 2 rings (SSSR count). The number of pyridine rings is 1. The number of hydrogen-bond acceptors (Lipinski definition) is 1. The van der Waals surface area contributed by atoms with Gasteiger partial charge in [0.2, 0.25) is 0 Å². The van der Waals surface area contributed by atoms with Crippen molar-refractivity contribution in [1.29, 1.82) is 0 Å². The molecule has 12 heteroatoms. The van der Waals surface area contributed by atoms with Gasteiger partial charge in [0.25, 0.3) is 0 Å². The second kappa shape index (κ2) is 7.98. The van der Waals surface area contributed by atoms with E-state index in [1.54, 1.807) is 12.3 Å². The van der Waals surface area contributed by atoms with Gasteiger partial charge in [0.05, 0.1) is 5.69 Å². The minimum atomic E-state index is -1.21. The van der Waals surface area contributed by atoms with Crippen molar-refractivity contribution in [2.75, 3.05) is 0 Å². The summed E-state index contributed by atoms with van der Waals surface area (Å²) in [5.41, 5.74) is 2.36. The topological polar surface area (TPSA) is 12.9 Å². The molecule has 2 aromatic rings. The van der Waals surface area contributed by atoms with Gasteiger partial charge in [0, 0.05) is 91.8 Å². The molecule has 1 nitrogen and oxygen atoms in total. The summed E-state index contributed by atoms with van der Waals surface area (Å²) in [7, 11) is 41.7. The summed E-state index contributed by atoms with van der Waals surface area (Å²) in [6, 6.07) is 13.4. The monoisotopic (exact) mass is 287 g/mol. The summed E-state index contributed by atoms with van der Waals surface area (Å²) in [5.74, 6) is 0. The highest BCUT2D eigenvalue weighted by molar-refractivity contribution is 7.71. The van der Waals surface area contributed by atoms with Crippen molar-refractivity contribution in [3.63, 3.8) is 0 Å². The summed E-state index contributed by atoms with van der Waals surface area (Å²) >= 11 is 0. The standard InChI is InChI=1S/C12H8B11N/c13-20(14)12(21(15)16,22(17)23(18)19)10-6-7-11(24-8-10)9-4-2-1-3-5-9/h1-8H. The molecule has 0 saturated carbocycles. The Morgan fingerprint density at radius 1 is 0.750 bits per heavy atom. The third-order valence-corrected chi connectivity index (χ3v) is 4.40. The minimum Gasteiger partial charge on any atom is -0.256 e. The van der Waals surface area contributed by atoms with Crippen LogP contribution in [-0.4, -0.2) is 85.0 Å². The molecule has 1 aromatic carbocycles. The lowest BCUT2D eigenvalue weighted by Crippen LogP contribution is -2.71. The van der Waals surface area contributed by atoms with Crippen LogP contribution in [0.25, 0.3) is 11.3 Å². The zero-order chi connectivity index (χ0) is 17.9. The molecule has 0 aliphatic carbocycles. The minimum absolute atomic E-state index is 0.598. The van der Waals surface area contributed by atoms with E-state index < -0.39 is 31.0 Å². The smallest absolute Gasteiger partial charge is 0.0702 e. The molecule has 0 aliphatic heterocycles. The van der Waals surface area contributed by atoms with Crippen molar-refractivity contribution in [3.8, 4) is 11.3 Å². The van der Waals surface area contributed by atoms with Crippen LogP contribution in [0.15, 0.2) is 48.7 Å². The van der Waals surface area contributed by atoms with E-state index >= 15 is 0 Å². The first-order chi connectivity index (χ1) is 11.3. The Morgan fingerprint density at radius 3 is 1.75 bits per heavy atom. The Hall–Kier alpha value is -0.916. The average molecular weight is 285 g/mol. The van der Waals surface area contributed by atoms with Crippen molar-refractivity contribution in [1.82, 2.24) is 4.98 Å². The highest BCUT2D eigenvalue weighted by Gasteiger charge is 2.45. The van der Waals surface area contributed by atoms with Gasteiger partial charge in [-0.25, -0.2) is 0 Å². The molecule has 24 heavy (non-hydrogen) atoms. The summed E-state index contributed by atoms with van der Waals surface area (Å²) < 4.78 is 0. The molecule has 1 heterocycles. The Morgan fingerprint density at radius 2 is 1.33 bits per heavy atom. The maximum absolute atomic E-state index is 6.18. The van der Waals surface area contributed by atoms with Gasteiger partial charge in [-0.1, -0.05) is 36.4 Å². The zero-order valence-electron chi connectivity index (χ0n) is 13.4. The molecule has 0 N–H and O–H groups in total. The average Bonchev–Trinajstić information content (AvgIpc) is 2.56. The number of aromatic nitrogens is 1. The van der Waals surface area contributed by atoms with Crippen molar-refractivity contribution in [3.05, 3.63) is 54.2 Å². The van der Waals surface area contributed by atoms with Gasteiger partial charge < -0.3 is 0 Å². The zero-order valence-corrected chi connectivity index (χ0v) is 13.4. The van der Waals surface area contributed by atoms with Crippen LogP contribution >= 0.6 is 0 Å². The molecular weight excluding hydrogens is 277 g/mol. The Kier molecular flexibility index (Phi) is 6.45. The highest BCUT2D eigenvalue weighted by atomic mass is 14.7. The van der Waals surface area contributed by atoms with E-state index in [1.807, 2.05) is 36.4 Å². The number of rotatable bonds is 6. The largest absolute Gasteiger partial charge is 0.256 e. The third kappa shape index (κ3) is 3.53. The maximum Gasteiger partial charge on any atom is 0.0702 e. The lowest BCUT2D eigenvalue weighted by atomic mass is 8.70. The van der Waals surface area contributed by atoms with Gasteiger partial charge >= 0.3 is 0 Å².